The van der Waals surface area contributed by atoms with Crippen LogP contribution in [-0.4, -0.2) is 61.5 Å². The molecule has 5 nitrogen and oxygen atoms in total. The molecule has 3 fully saturated rings. The topological polar surface area (TPSA) is 53.5 Å². The lowest BCUT2D eigenvalue weighted by Gasteiger charge is -2.46. The number of nitrogens with zero attached hydrogens (tertiary/aromatic N) is 3. The summed E-state index contributed by atoms with van der Waals surface area (Å²) in [4.78, 5) is 8.27. The lowest BCUT2D eigenvalue weighted by Crippen LogP contribution is -2.54. The molecule has 0 aliphatic carbocycles. The summed E-state index contributed by atoms with van der Waals surface area (Å²) < 4.78 is 61.8. The Hall–Kier alpha value is -1.35. The number of sulfone groups is 1. The van der Waals surface area contributed by atoms with Gasteiger partial charge < -0.3 is 4.90 Å². The first-order valence-corrected chi connectivity index (χ1v) is 12.0. The third-order valence-electron chi connectivity index (χ3n) is 6.79. The van der Waals surface area contributed by atoms with Gasteiger partial charge in [-0.05, 0) is 43.9 Å². The smallest absolute Gasteiger partial charge is 0.367 e. The second-order valence-electron chi connectivity index (χ2n) is 9.34. The fourth-order valence-electron chi connectivity index (χ4n) is 5.39. The molecule has 0 saturated carbocycles. The van der Waals surface area contributed by atoms with Crippen molar-refractivity contribution >= 4 is 15.5 Å². The number of anilines is 1. The lowest BCUT2D eigenvalue weighted by atomic mass is 9.88. The van der Waals surface area contributed by atoms with Gasteiger partial charge in [-0.3, -0.25) is 4.90 Å². The minimum atomic E-state index is -4.43. The molecule has 1 aromatic heterocycles. The van der Waals surface area contributed by atoms with Gasteiger partial charge in [0.15, 0.2) is 9.84 Å². The first-order chi connectivity index (χ1) is 13.5. The van der Waals surface area contributed by atoms with Crippen molar-refractivity contribution in [2.75, 3.05) is 36.0 Å². The van der Waals surface area contributed by atoms with E-state index in [-0.39, 0.29) is 11.5 Å². The second-order valence-corrected chi connectivity index (χ2v) is 11.4. The van der Waals surface area contributed by atoms with Crippen molar-refractivity contribution in [3.63, 3.8) is 0 Å². The molecule has 4 rings (SSSR count). The molecule has 1 spiro atoms. The highest BCUT2D eigenvalue weighted by Crippen LogP contribution is 2.43. The summed E-state index contributed by atoms with van der Waals surface area (Å²) in [7, 11) is -2.83. The Morgan fingerprint density at radius 2 is 1.93 bits per heavy atom. The summed E-state index contributed by atoms with van der Waals surface area (Å²) in [5.74, 6) is 0.987. The number of halogens is 3. The molecule has 2 atom stereocenters. The van der Waals surface area contributed by atoms with Gasteiger partial charge in [0, 0.05) is 30.6 Å². The van der Waals surface area contributed by atoms with Crippen LogP contribution in [0.5, 0.6) is 0 Å². The van der Waals surface area contributed by atoms with Crippen LogP contribution in [0.2, 0.25) is 0 Å². The molecule has 3 aliphatic rings. The Balaban J connectivity index is 1.44. The number of piperidine rings is 1. The lowest BCUT2D eigenvalue weighted by molar-refractivity contribution is -0.141. The van der Waals surface area contributed by atoms with Crippen LogP contribution in [0.1, 0.15) is 38.8 Å². The fourth-order valence-corrected chi connectivity index (χ4v) is 7.65. The van der Waals surface area contributed by atoms with Gasteiger partial charge >= 0.3 is 6.18 Å². The number of hydrogen-bond acceptors (Lipinski definition) is 5. The fraction of sp³-hybridized carbons (Fsp3) is 0.750. The average Bonchev–Trinajstić information content (AvgIpc) is 3.04. The van der Waals surface area contributed by atoms with E-state index in [2.05, 4.69) is 28.6 Å². The zero-order valence-corrected chi connectivity index (χ0v) is 17.6. The molecule has 4 heterocycles. The van der Waals surface area contributed by atoms with E-state index in [1.165, 1.54) is 12.3 Å². The highest BCUT2D eigenvalue weighted by atomic mass is 32.2. The van der Waals surface area contributed by atoms with Gasteiger partial charge in [-0.2, -0.15) is 13.2 Å². The van der Waals surface area contributed by atoms with Crippen LogP contribution in [0.4, 0.5) is 18.9 Å². The molecule has 0 unspecified atom stereocenters. The number of alkyl halides is 3. The van der Waals surface area contributed by atoms with Gasteiger partial charge in [-0.15, -0.1) is 0 Å². The van der Waals surface area contributed by atoms with Crippen molar-refractivity contribution < 1.29 is 21.6 Å². The Labute approximate surface area is 170 Å². The van der Waals surface area contributed by atoms with Crippen molar-refractivity contribution in [3.05, 3.63) is 24.0 Å². The molecular weight excluding hydrogens is 403 g/mol. The van der Waals surface area contributed by atoms with Crippen molar-refractivity contribution in [3.8, 4) is 0 Å². The number of rotatable bonds is 3. The summed E-state index contributed by atoms with van der Waals surface area (Å²) in [5.41, 5.74) is -0.172. The summed E-state index contributed by atoms with van der Waals surface area (Å²) in [6, 6.07) is 3.19. The van der Waals surface area contributed by atoms with E-state index in [1.807, 2.05) is 0 Å². The molecular formula is C20H28F3N3O2S. The Morgan fingerprint density at radius 1 is 1.21 bits per heavy atom. The highest BCUT2D eigenvalue weighted by Gasteiger charge is 2.53. The van der Waals surface area contributed by atoms with Crippen molar-refractivity contribution in [1.82, 2.24) is 9.88 Å². The molecule has 0 radical (unpaired) electrons. The molecule has 3 saturated heterocycles. The molecule has 0 aromatic carbocycles. The van der Waals surface area contributed by atoms with E-state index in [0.29, 0.717) is 23.5 Å². The standard InChI is InChI=1S/C20H28F3N3O2S/c1-14(2)17-9-15(25-8-6-19(11-25)12-29(27,28)13-19)5-7-26(17)16-3-4-18(24-10-16)20(21,22)23/h3-4,10,14-15,17H,5-9,11-13H2,1-2H3/t15-,17-/m1/s1. The summed E-state index contributed by atoms with van der Waals surface area (Å²) in [5, 5.41) is 0. The largest absolute Gasteiger partial charge is 0.433 e. The van der Waals surface area contributed by atoms with Gasteiger partial charge in [0.05, 0.1) is 23.4 Å². The maximum absolute atomic E-state index is 12.8. The highest BCUT2D eigenvalue weighted by molar-refractivity contribution is 7.92. The summed E-state index contributed by atoms with van der Waals surface area (Å²) in [6.45, 7) is 6.84. The quantitative estimate of drug-likeness (QED) is 0.736. The van der Waals surface area contributed by atoms with Crippen LogP contribution in [0.15, 0.2) is 18.3 Å². The molecule has 0 amide bonds. The van der Waals surface area contributed by atoms with Crippen LogP contribution in [0.3, 0.4) is 0 Å². The SMILES string of the molecule is CC(C)[C@H]1C[C@H](N2CCC3(C2)CS(=O)(=O)C3)CCN1c1ccc(C(F)(F)F)nc1. The average molecular weight is 432 g/mol. The van der Waals surface area contributed by atoms with Gasteiger partial charge in [0.1, 0.15) is 5.69 Å². The summed E-state index contributed by atoms with van der Waals surface area (Å²) >= 11 is 0. The van der Waals surface area contributed by atoms with Gasteiger partial charge in [-0.1, -0.05) is 13.8 Å². The Bertz CT molecular complexity index is 843. The van der Waals surface area contributed by atoms with E-state index >= 15 is 0 Å². The van der Waals surface area contributed by atoms with Crippen LogP contribution < -0.4 is 4.90 Å². The molecule has 0 bridgehead atoms. The van der Waals surface area contributed by atoms with E-state index in [9.17, 15) is 21.6 Å². The zero-order chi connectivity index (χ0) is 21.0. The first-order valence-electron chi connectivity index (χ1n) is 10.2. The normalized spacial score (nSPS) is 29.4. The molecule has 3 aliphatic heterocycles. The third-order valence-corrected chi connectivity index (χ3v) is 8.90. The molecule has 9 heteroatoms. The van der Waals surface area contributed by atoms with E-state index in [4.69, 9.17) is 0 Å². The van der Waals surface area contributed by atoms with Gasteiger partial charge in [0.2, 0.25) is 0 Å². The summed E-state index contributed by atoms with van der Waals surface area (Å²) in [6.07, 6.45) is -0.289. The maximum atomic E-state index is 12.8. The predicted octanol–water partition coefficient (Wildman–Crippen LogP) is 3.21. The van der Waals surface area contributed by atoms with E-state index in [0.717, 1.165) is 50.7 Å². The monoisotopic (exact) mass is 431 g/mol. The Morgan fingerprint density at radius 3 is 2.48 bits per heavy atom. The van der Waals surface area contributed by atoms with Gasteiger partial charge in [-0.25, -0.2) is 13.4 Å². The molecule has 29 heavy (non-hydrogen) atoms. The predicted molar refractivity (Wildman–Crippen MR) is 106 cm³/mol. The van der Waals surface area contributed by atoms with Crippen molar-refractivity contribution in [2.24, 2.45) is 11.3 Å². The van der Waals surface area contributed by atoms with Crippen LogP contribution in [0, 0.1) is 11.3 Å². The van der Waals surface area contributed by atoms with Gasteiger partial charge in [0.25, 0.3) is 0 Å². The molecule has 1 aromatic rings. The first kappa shape index (κ1) is 20.9. The minimum absolute atomic E-state index is 0.0410. The van der Waals surface area contributed by atoms with Crippen molar-refractivity contribution in [1.29, 1.82) is 0 Å². The van der Waals surface area contributed by atoms with Crippen molar-refractivity contribution in [2.45, 2.75) is 51.4 Å². The number of likely N-dealkylation sites (tertiary alicyclic amines) is 1. The Kier molecular flexibility index (Phi) is 5.13. The van der Waals surface area contributed by atoms with Crippen LogP contribution in [-0.2, 0) is 16.0 Å². The molecule has 0 N–H and O–H groups in total. The molecule has 162 valence electrons. The van der Waals surface area contributed by atoms with E-state index < -0.39 is 21.7 Å². The third kappa shape index (κ3) is 4.13. The number of aromatic nitrogens is 1. The number of hydrogen-bond donors (Lipinski definition) is 0. The second kappa shape index (κ2) is 7.11. The zero-order valence-electron chi connectivity index (χ0n) is 16.8. The van der Waals surface area contributed by atoms with Crippen LogP contribution in [0.25, 0.3) is 0 Å². The minimum Gasteiger partial charge on any atom is -0.367 e. The maximum Gasteiger partial charge on any atom is 0.433 e. The van der Waals surface area contributed by atoms with E-state index in [1.54, 1.807) is 0 Å². The van der Waals surface area contributed by atoms with Crippen LogP contribution >= 0.6 is 0 Å². The number of pyridine rings is 1.